The Kier molecular flexibility index (Phi) is 13.6. The number of aryl methyl sites for hydroxylation is 2. The smallest absolute Gasteiger partial charge is 0.303 e. The molecule has 0 spiro atoms. The fourth-order valence-electron chi connectivity index (χ4n) is 3.53. The maximum absolute atomic E-state index is 12.7. The Labute approximate surface area is 189 Å². The van der Waals surface area contributed by atoms with Gasteiger partial charge in [-0.3, -0.25) is 14.5 Å². The Balaban J connectivity index is 2.54. The number of aliphatic carboxylic acids is 1. The summed E-state index contributed by atoms with van der Waals surface area (Å²) < 4.78 is 1.000. The summed E-state index contributed by atoms with van der Waals surface area (Å²) in [6.45, 7) is 6.20. The SMILES string of the molecule is Cc1cc(Br)cc(C)c1NC(=O)CN(CCCCCCCO)CCCCCC(=O)O. The summed E-state index contributed by atoms with van der Waals surface area (Å²) >= 11 is 3.48. The lowest BCUT2D eigenvalue weighted by Crippen LogP contribution is -2.35. The molecule has 0 aromatic heterocycles. The molecule has 0 atom stereocenters. The van der Waals surface area contributed by atoms with Gasteiger partial charge in [0.2, 0.25) is 5.91 Å². The first kappa shape index (κ1) is 26.6. The van der Waals surface area contributed by atoms with Gasteiger partial charge in [-0.1, -0.05) is 41.6 Å². The van der Waals surface area contributed by atoms with Crippen molar-refractivity contribution >= 4 is 33.5 Å². The fourth-order valence-corrected chi connectivity index (χ4v) is 4.21. The second-order valence-electron chi connectivity index (χ2n) is 7.93. The van der Waals surface area contributed by atoms with Crippen LogP contribution in [-0.2, 0) is 9.59 Å². The van der Waals surface area contributed by atoms with Crippen molar-refractivity contribution in [1.29, 1.82) is 0 Å². The van der Waals surface area contributed by atoms with Gasteiger partial charge in [-0.2, -0.15) is 0 Å². The molecule has 0 unspecified atom stereocenters. The Morgan fingerprint density at radius 1 is 0.933 bits per heavy atom. The van der Waals surface area contributed by atoms with Crippen LogP contribution in [0.3, 0.4) is 0 Å². The summed E-state index contributed by atoms with van der Waals surface area (Å²) in [5, 5.41) is 20.7. The predicted molar refractivity (Wildman–Crippen MR) is 125 cm³/mol. The lowest BCUT2D eigenvalue weighted by molar-refractivity contribution is -0.137. The first-order valence-corrected chi connectivity index (χ1v) is 11.7. The molecule has 0 radical (unpaired) electrons. The molecule has 7 heteroatoms. The van der Waals surface area contributed by atoms with E-state index in [0.717, 1.165) is 79.3 Å². The van der Waals surface area contributed by atoms with E-state index in [-0.39, 0.29) is 18.9 Å². The van der Waals surface area contributed by atoms with Crippen LogP contribution >= 0.6 is 15.9 Å². The zero-order valence-electron chi connectivity index (χ0n) is 18.4. The van der Waals surface area contributed by atoms with E-state index in [9.17, 15) is 9.59 Å². The summed E-state index contributed by atoms with van der Waals surface area (Å²) in [4.78, 5) is 25.5. The Morgan fingerprint density at radius 3 is 2.03 bits per heavy atom. The minimum absolute atomic E-state index is 0.0191. The molecule has 0 bridgehead atoms. The number of anilines is 1. The molecule has 3 N–H and O–H groups in total. The highest BCUT2D eigenvalue weighted by Gasteiger charge is 2.13. The standard InChI is InChI=1S/C23H37BrN2O4/c1-18-15-20(24)16-19(2)23(18)25-21(28)17-26(12-8-4-3-5-10-14-27)13-9-6-7-11-22(29)30/h15-16,27H,3-14,17H2,1-2H3,(H,25,28)(H,29,30). The number of rotatable bonds is 16. The van der Waals surface area contributed by atoms with E-state index >= 15 is 0 Å². The highest BCUT2D eigenvalue weighted by atomic mass is 79.9. The predicted octanol–water partition coefficient (Wildman–Crippen LogP) is 4.89. The van der Waals surface area contributed by atoms with Gasteiger partial charge in [0, 0.05) is 23.2 Å². The second-order valence-corrected chi connectivity index (χ2v) is 8.85. The van der Waals surface area contributed by atoms with Gasteiger partial charge in [-0.05, 0) is 75.9 Å². The highest BCUT2D eigenvalue weighted by Crippen LogP contribution is 2.25. The lowest BCUT2D eigenvalue weighted by atomic mass is 10.1. The molecule has 0 aliphatic carbocycles. The monoisotopic (exact) mass is 484 g/mol. The molecule has 1 aromatic carbocycles. The molecule has 0 aliphatic rings. The van der Waals surface area contributed by atoms with Crippen molar-refractivity contribution in [1.82, 2.24) is 4.90 Å². The molecule has 0 fully saturated rings. The summed E-state index contributed by atoms with van der Waals surface area (Å²) in [5.41, 5.74) is 2.92. The van der Waals surface area contributed by atoms with Crippen molar-refractivity contribution in [2.75, 3.05) is 31.6 Å². The maximum Gasteiger partial charge on any atom is 0.303 e. The number of carboxylic acids is 1. The Bertz CT molecular complexity index is 644. The molecule has 30 heavy (non-hydrogen) atoms. The zero-order chi connectivity index (χ0) is 22.4. The first-order valence-electron chi connectivity index (χ1n) is 10.9. The van der Waals surface area contributed by atoms with E-state index in [1.54, 1.807) is 0 Å². The van der Waals surface area contributed by atoms with Gasteiger partial charge in [0.15, 0.2) is 0 Å². The van der Waals surface area contributed by atoms with Crippen molar-refractivity contribution in [2.24, 2.45) is 0 Å². The molecule has 170 valence electrons. The third kappa shape index (κ3) is 11.7. The van der Waals surface area contributed by atoms with Crippen molar-refractivity contribution < 1.29 is 19.8 Å². The molecule has 6 nitrogen and oxygen atoms in total. The molecular weight excluding hydrogens is 448 g/mol. The molecule has 1 rings (SSSR count). The Morgan fingerprint density at radius 2 is 1.47 bits per heavy atom. The summed E-state index contributed by atoms with van der Waals surface area (Å²) in [5.74, 6) is -0.774. The van der Waals surface area contributed by atoms with Gasteiger partial charge < -0.3 is 15.5 Å². The van der Waals surface area contributed by atoms with E-state index in [0.29, 0.717) is 13.0 Å². The number of carboxylic acid groups (broad SMARTS) is 1. The first-order chi connectivity index (χ1) is 14.3. The maximum atomic E-state index is 12.7. The molecule has 0 heterocycles. The van der Waals surface area contributed by atoms with Crippen LogP contribution in [0.4, 0.5) is 5.69 Å². The number of halogens is 1. The van der Waals surface area contributed by atoms with E-state index in [2.05, 4.69) is 26.1 Å². The summed E-state index contributed by atoms with van der Waals surface area (Å²) in [7, 11) is 0. The van der Waals surface area contributed by atoms with E-state index in [1.165, 1.54) is 0 Å². The van der Waals surface area contributed by atoms with Gasteiger partial charge in [-0.15, -0.1) is 0 Å². The van der Waals surface area contributed by atoms with E-state index in [4.69, 9.17) is 10.2 Å². The van der Waals surface area contributed by atoms with Crippen molar-refractivity contribution in [3.8, 4) is 0 Å². The van der Waals surface area contributed by atoms with Crippen LogP contribution in [-0.4, -0.2) is 53.2 Å². The van der Waals surface area contributed by atoms with Crippen LogP contribution in [0.5, 0.6) is 0 Å². The number of carbonyl (C=O) groups is 2. The third-order valence-corrected chi connectivity index (χ3v) is 5.58. The van der Waals surface area contributed by atoms with Gasteiger partial charge >= 0.3 is 5.97 Å². The van der Waals surface area contributed by atoms with Crippen LogP contribution in [0.2, 0.25) is 0 Å². The van der Waals surface area contributed by atoms with Crippen molar-refractivity contribution in [3.05, 3.63) is 27.7 Å². The second kappa shape index (κ2) is 15.4. The minimum Gasteiger partial charge on any atom is -0.481 e. The number of aliphatic hydroxyl groups is 1. The number of benzene rings is 1. The minimum atomic E-state index is -0.755. The third-order valence-electron chi connectivity index (χ3n) is 5.13. The molecule has 0 saturated carbocycles. The van der Waals surface area contributed by atoms with Crippen LogP contribution < -0.4 is 5.32 Å². The normalized spacial score (nSPS) is 11.1. The van der Waals surface area contributed by atoms with Gasteiger partial charge in [-0.25, -0.2) is 0 Å². The number of hydrogen-bond donors (Lipinski definition) is 3. The lowest BCUT2D eigenvalue weighted by Gasteiger charge is -2.22. The summed E-state index contributed by atoms with van der Waals surface area (Å²) in [6.07, 6.45) is 7.70. The van der Waals surface area contributed by atoms with Crippen LogP contribution in [0.1, 0.15) is 68.9 Å². The van der Waals surface area contributed by atoms with Gasteiger partial charge in [0.05, 0.1) is 6.54 Å². The quantitative estimate of drug-likeness (QED) is 0.290. The molecule has 1 amide bonds. The number of carbonyl (C=O) groups excluding carboxylic acids is 1. The van der Waals surface area contributed by atoms with Gasteiger partial charge in [0.25, 0.3) is 0 Å². The van der Waals surface area contributed by atoms with Crippen LogP contribution in [0, 0.1) is 13.8 Å². The highest BCUT2D eigenvalue weighted by molar-refractivity contribution is 9.10. The van der Waals surface area contributed by atoms with E-state index < -0.39 is 5.97 Å². The van der Waals surface area contributed by atoms with Crippen LogP contribution in [0.25, 0.3) is 0 Å². The number of aliphatic hydroxyl groups excluding tert-OH is 1. The molecule has 0 aliphatic heterocycles. The molecule has 0 saturated heterocycles. The zero-order valence-corrected chi connectivity index (χ0v) is 20.0. The summed E-state index contributed by atoms with van der Waals surface area (Å²) in [6, 6.07) is 3.99. The molecular formula is C23H37BrN2O4. The number of nitrogens with zero attached hydrogens (tertiary/aromatic N) is 1. The topological polar surface area (TPSA) is 89.9 Å². The number of amides is 1. The molecule has 1 aromatic rings. The average molecular weight is 485 g/mol. The number of nitrogens with one attached hydrogen (secondary N) is 1. The average Bonchev–Trinajstić information content (AvgIpc) is 2.66. The largest absolute Gasteiger partial charge is 0.481 e. The Hall–Kier alpha value is -1.44. The van der Waals surface area contributed by atoms with Gasteiger partial charge in [0.1, 0.15) is 0 Å². The van der Waals surface area contributed by atoms with Crippen molar-refractivity contribution in [3.63, 3.8) is 0 Å². The van der Waals surface area contributed by atoms with Crippen molar-refractivity contribution in [2.45, 2.75) is 71.6 Å². The number of hydrogen-bond acceptors (Lipinski definition) is 4. The number of unbranched alkanes of at least 4 members (excludes halogenated alkanes) is 6. The van der Waals surface area contributed by atoms with E-state index in [1.807, 2.05) is 26.0 Å². The fraction of sp³-hybridized carbons (Fsp3) is 0.652. The van der Waals surface area contributed by atoms with Crippen LogP contribution in [0.15, 0.2) is 16.6 Å².